The molecule has 28 heavy (non-hydrogen) atoms. The number of amides is 3. The standard InChI is InChI=1S/C20H22ClN3O4/c1-3-4-18(25)22-15-7-5-14(6-8-15)20(27)24-23-19(26)12-28-16-9-10-17(21)13(2)11-16/h5-11H,3-4,12H2,1-2H3,(H,22,25)(H,23,26)(H,24,27). The van der Waals surface area contributed by atoms with Gasteiger partial charge in [-0.05, 0) is 61.4 Å². The van der Waals surface area contributed by atoms with Crippen molar-refractivity contribution in [3.8, 4) is 5.75 Å². The average molecular weight is 404 g/mol. The molecule has 0 saturated heterocycles. The minimum absolute atomic E-state index is 0.0807. The van der Waals surface area contributed by atoms with E-state index in [1.807, 2.05) is 13.8 Å². The van der Waals surface area contributed by atoms with Crippen molar-refractivity contribution in [2.75, 3.05) is 11.9 Å². The van der Waals surface area contributed by atoms with Gasteiger partial charge >= 0.3 is 0 Å². The summed E-state index contributed by atoms with van der Waals surface area (Å²) >= 11 is 5.93. The van der Waals surface area contributed by atoms with E-state index < -0.39 is 11.8 Å². The summed E-state index contributed by atoms with van der Waals surface area (Å²) in [7, 11) is 0. The second kappa shape index (κ2) is 10.3. The van der Waals surface area contributed by atoms with Crippen molar-refractivity contribution in [2.45, 2.75) is 26.7 Å². The van der Waals surface area contributed by atoms with Gasteiger partial charge in [0.15, 0.2) is 6.61 Å². The topological polar surface area (TPSA) is 96.5 Å². The van der Waals surface area contributed by atoms with Crippen LogP contribution < -0.4 is 20.9 Å². The summed E-state index contributed by atoms with van der Waals surface area (Å²) in [5.74, 6) is -0.571. The molecule has 0 atom stereocenters. The van der Waals surface area contributed by atoms with Gasteiger partial charge in [0.25, 0.3) is 11.8 Å². The molecule has 2 aromatic rings. The van der Waals surface area contributed by atoms with Crippen LogP contribution in [0.25, 0.3) is 0 Å². The normalized spacial score (nSPS) is 10.1. The molecule has 0 unspecified atom stereocenters. The fourth-order valence-electron chi connectivity index (χ4n) is 2.25. The highest BCUT2D eigenvalue weighted by atomic mass is 35.5. The Hall–Kier alpha value is -3.06. The van der Waals surface area contributed by atoms with Crippen LogP contribution in [0.2, 0.25) is 5.02 Å². The zero-order valence-electron chi connectivity index (χ0n) is 15.7. The van der Waals surface area contributed by atoms with Crippen LogP contribution in [-0.2, 0) is 9.59 Å². The van der Waals surface area contributed by atoms with Crippen molar-refractivity contribution in [1.29, 1.82) is 0 Å². The largest absolute Gasteiger partial charge is 0.484 e. The molecule has 2 aromatic carbocycles. The second-order valence-electron chi connectivity index (χ2n) is 6.08. The number of anilines is 1. The summed E-state index contributed by atoms with van der Waals surface area (Å²) in [5.41, 5.74) is 6.36. The van der Waals surface area contributed by atoms with Crippen LogP contribution in [0, 0.1) is 6.92 Å². The van der Waals surface area contributed by atoms with Gasteiger partial charge < -0.3 is 10.1 Å². The maximum Gasteiger partial charge on any atom is 0.276 e. The van der Waals surface area contributed by atoms with Gasteiger partial charge in [-0.1, -0.05) is 18.5 Å². The zero-order valence-corrected chi connectivity index (χ0v) is 16.4. The highest BCUT2D eigenvalue weighted by molar-refractivity contribution is 6.31. The molecule has 0 bridgehead atoms. The Kier molecular flexibility index (Phi) is 7.83. The van der Waals surface area contributed by atoms with Gasteiger partial charge in [0.2, 0.25) is 5.91 Å². The summed E-state index contributed by atoms with van der Waals surface area (Å²) in [6.07, 6.45) is 1.19. The number of carbonyl (C=O) groups excluding carboxylic acids is 3. The summed E-state index contributed by atoms with van der Waals surface area (Å²) in [4.78, 5) is 35.4. The third-order valence-electron chi connectivity index (χ3n) is 3.72. The molecule has 3 amide bonds. The molecule has 0 radical (unpaired) electrons. The van der Waals surface area contributed by atoms with Gasteiger partial charge in [-0.2, -0.15) is 0 Å². The van der Waals surface area contributed by atoms with Crippen LogP contribution in [0.5, 0.6) is 5.75 Å². The van der Waals surface area contributed by atoms with Gasteiger partial charge in [-0.3, -0.25) is 25.2 Å². The first-order valence-electron chi connectivity index (χ1n) is 8.77. The first-order valence-corrected chi connectivity index (χ1v) is 9.15. The molecule has 0 fully saturated rings. The molecule has 0 aliphatic heterocycles. The molecule has 0 saturated carbocycles. The van der Waals surface area contributed by atoms with Crippen LogP contribution in [0.1, 0.15) is 35.7 Å². The zero-order chi connectivity index (χ0) is 20.5. The van der Waals surface area contributed by atoms with E-state index in [0.717, 1.165) is 12.0 Å². The van der Waals surface area contributed by atoms with E-state index in [9.17, 15) is 14.4 Å². The molecule has 148 valence electrons. The molecule has 3 N–H and O–H groups in total. The lowest BCUT2D eigenvalue weighted by Gasteiger charge is -2.10. The molecule has 0 aliphatic carbocycles. The van der Waals surface area contributed by atoms with E-state index in [1.54, 1.807) is 42.5 Å². The Morgan fingerprint density at radius 3 is 2.36 bits per heavy atom. The minimum Gasteiger partial charge on any atom is -0.484 e. The van der Waals surface area contributed by atoms with E-state index in [4.69, 9.17) is 16.3 Å². The molecule has 2 rings (SSSR count). The van der Waals surface area contributed by atoms with Crippen molar-refractivity contribution < 1.29 is 19.1 Å². The number of aryl methyl sites for hydroxylation is 1. The van der Waals surface area contributed by atoms with Crippen molar-refractivity contribution >= 4 is 35.0 Å². The Morgan fingerprint density at radius 1 is 1.00 bits per heavy atom. The Labute approximate surface area is 168 Å². The van der Waals surface area contributed by atoms with Gasteiger partial charge in [0, 0.05) is 22.7 Å². The number of ether oxygens (including phenoxy) is 1. The number of halogens is 1. The maximum atomic E-state index is 12.1. The lowest BCUT2D eigenvalue weighted by molar-refractivity contribution is -0.123. The summed E-state index contributed by atoms with van der Waals surface area (Å²) in [6.45, 7) is 3.49. The van der Waals surface area contributed by atoms with Crippen molar-refractivity contribution in [2.24, 2.45) is 0 Å². The Bertz CT molecular complexity index is 853. The average Bonchev–Trinajstić information content (AvgIpc) is 2.67. The molecule has 0 aromatic heterocycles. The summed E-state index contributed by atoms with van der Waals surface area (Å²) < 4.78 is 5.35. The van der Waals surface area contributed by atoms with E-state index in [0.29, 0.717) is 28.4 Å². The lowest BCUT2D eigenvalue weighted by atomic mass is 10.2. The van der Waals surface area contributed by atoms with Crippen LogP contribution >= 0.6 is 11.6 Å². The smallest absolute Gasteiger partial charge is 0.276 e. The third kappa shape index (κ3) is 6.59. The van der Waals surface area contributed by atoms with Gasteiger partial charge in [0.1, 0.15) is 5.75 Å². The minimum atomic E-state index is -0.510. The number of hydrogen-bond donors (Lipinski definition) is 3. The summed E-state index contributed by atoms with van der Waals surface area (Å²) in [5, 5.41) is 3.34. The van der Waals surface area contributed by atoms with Crippen molar-refractivity contribution in [3.63, 3.8) is 0 Å². The molecule has 7 nitrogen and oxygen atoms in total. The summed E-state index contributed by atoms with van der Waals surface area (Å²) in [6, 6.07) is 11.4. The maximum absolute atomic E-state index is 12.1. The molecule has 0 heterocycles. The molecule has 0 spiro atoms. The first-order chi connectivity index (χ1) is 13.4. The van der Waals surface area contributed by atoms with E-state index >= 15 is 0 Å². The van der Waals surface area contributed by atoms with E-state index in [1.165, 1.54) is 0 Å². The fourth-order valence-corrected chi connectivity index (χ4v) is 2.36. The molecular formula is C20H22ClN3O4. The van der Waals surface area contributed by atoms with Gasteiger partial charge in [0.05, 0.1) is 0 Å². The monoisotopic (exact) mass is 403 g/mol. The number of benzene rings is 2. The highest BCUT2D eigenvalue weighted by Crippen LogP contribution is 2.20. The highest BCUT2D eigenvalue weighted by Gasteiger charge is 2.09. The quantitative estimate of drug-likeness (QED) is 0.618. The molecular weight excluding hydrogens is 382 g/mol. The Balaban J connectivity index is 1.78. The predicted molar refractivity (Wildman–Crippen MR) is 107 cm³/mol. The number of hydrogen-bond acceptors (Lipinski definition) is 4. The number of nitrogens with one attached hydrogen (secondary N) is 3. The van der Waals surface area contributed by atoms with Gasteiger partial charge in [-0.25, -0.2) is 0 Å². The van der Waals surface area contributed by atoms with Crippen LogP contribution in [0.4, 0.5) is 5.69 Å². The third-order valence-corrected chi connectivity index (χ3v) is 4.15. The van der Waals surface area contributed by atoms with Gasteiger partial charge in [-0.15, -0.1) is 0 Å². The van der Waals surface area contributed by atoms with Crippen LogP contribution in [0.15, 0.2) is 42.5 Å². The van der Waals surface area contributed by atoms with Crippen LogP contribution in [0.3, 0.4) is 0 Å². The molecule has 0 aliphatic rings. The first kappa shape index (κ1) is 21.2. The number of carbonyl (C=O) groups is 3. The Morgan fingerprint density at radius 2 is 1.71 bits per heavy atom. The lowest BCUT2D eigenvalue weighted by Crippen LogP contribution is -2.43. The number of hydrazine groups is 1. The second-order valence-corrected chi connectivity index (χ2v) is 6.48. The predicted octanol–water partition coefficient (Wildman–Crippen LogP) is 3.23. The van der Waals surface area contributed by atoms with E-state index in [-0.39, 0.29) is 12.5 Å². The van der Waals surface area contributed by atoms with Crippen molar-refractivity contribution in [3.05, 3.63) is 58.6 Å². The fraction of sp³-hybridized carbons (Fsp3) is 0.250. The SMILES string of the molecule is CCCC(=O)Nc1ccc(C(=O)NNC(=O)COc2ccc(Cl)c(C)c2)cc1. The van der Waals surface area contributed by atoms with Crippen LogP contribution in [-0.4, -0.2) is 24.3 Å². The molecule has 8 heteroatoms. The number of rotatable bonds is 7. The van der Waals surface area contributed by atoms with E-state index in [2.05, 4.69) is 16.2 Å². The van der Waals surface area contributed by atoms with Crippen molar-refractivity contribution in [1.82, 2.24) is 10.9 Å².